The molecule has 4 nitrogen and oxygen atoms in total. The van der Waals surface area contributed by atoms with E-state index in [9.17, 15) is 14.5 Å². The predicted octanol–water partition coefficient (Wildman–Crippen LogP) is 4.18. The normalized spacial score (nSPS) is 10.1. The van der Waals surface area contributed by atoms with Gasteiger partial charge in [-0.3, -0.25) is 10.1 Å². The predicted molar refractivity (Wildman–Crippen MR) is 64.6 cm³/mol. The van der Waals surface area contributed by atoms with Crippen LogP contribution in [0.1, 0.15) is 0 Å². The van der Waals surface area contributed by atoms with E-state index < -0.39 is 10.7 Å². The maximum absolute atomic E-state index is 13.5. The summed E-state index contributed by atoms with van der Waals surface area (Å²) in [5, 5.41) is 10.8. The number of non-ortho nitro benzene ring substituents is 1. The number of hydrogen-bond donors (Lipinski definition) is 0. The summed E-state index contributed by atoms with van der Waals surface area (Å²) in [7, 11) is 0. The van der Waals surface area contributed by atoms with E-state index in [-0.39, 0.29) is 22.2 Å². The maximum Gasteiger partial charge on any atom is 0.273 e. The molecule has 0 aliphatic heterocycles. The molecule has 0 fully saturated rings. The van der Waals surface area contributed by atoms with Crippen LogP contribution in [0.3, 0.4) is 0 Å². The van der Waals surface area contributed by atoms with Crippen molar-refractivity contribution in [3.63, 3.8) is 0 Å². The van der Waals surface area contributed by atoms with Crippen LogP contribution in [0.15, 0.2) is 42.5 Å². The fourth-order valence-corrected chi connectivity index (χ4v) is 1.50. The first-order valence-corrected chi connectivity index (χ1v) is 5.31. The van der Waals surface area contributed by atoms with E-state index in [1.54, 1.807) is 0 Å². The molecule has 0 saturated heterocycles. The summed E-state index contributed by atoms with van der Waals surface area (Å²) in [6.45, 7) is 0. The highest BCUT2D eigenvalue weighted by Crippen LogP contribution is 2.28. The summed E-state index contributed by atoms with van der Waals surface area (Å²) >= 11 is 5.60. The fraction of sp³-hybridized carbons (Fsp3) is 0. The molecular weight excluding hydrogens is 261 g/mol. The first-order valence-electron chi connectivity index (χ1n) is 4.93. The smallest absolute Gasteiger partial charge is 0.273 e. The molecule has 0 aromatic heterocycles. The van der Waals surface area contributed by atoms with Gasteiger partial charge in [0.05, 0.1) is 11.0 Å². The minimum absolute atomic E-state index is 0.0418. The average molecular weight is 268 g/mol. The Bertz CT molecular complexity index is 604. The number of nitro groups is 1. The monoisotopic (exact) mass is 267 g/mol. The van der Waals surface area contributed by atoms with Crippen molar-refractivity contribution < 1.29 is 14.1 Å². The number of hydrogen-bond acceptors (Lipinski definition) is 3. The van der Waals surface area contributed by atoms with Gasteiger partial charge in [0.1, 0.15) is 5.75 Å². The second-order valence-corrected chi connectivity index (χ2v) is 3.87. The summed E-state index contributed by atoms with van der Waals surface area (Å²) in [5.74, 6) is -0.487. The third-order valence-electron chi connectivity index (χ3n) is 2.15. The summed E-state index contributed by atoms with van der Waals surface area (Å²) < 4.78 is 18.7. The number of benzene rings is 2. The molecule has 0 aliphatic carbocycles. The summed E-state index contributed by atoms with van der Waals surface area (Å²) in [4.78, 5) is 10.0. The van der Waals surface area contributed by atoms with Crippen LogP contribution < -0.4 is 4.74 Å². The van der Waals surface area contributed by atoms with Crippen LogP contribution >= 0.6 is 11.6 Å². The first-order chi connectivity index (χ1) is 8.56. The molecule has 2 rings (SSSR count). The molecule has 92 valence electrons. The highest BCUT2D eigenvalue weighted by molar-refractivity contribution is 6.30. The van der Waals surface area contributed by atoms with Crippen molar-refractivity contribution in [2.45, 2.75) is 0 Å². The Hall–Kier alpha value is -2.14. The van der Waals surface area contributed by atoms with Crippen LogP contribution in [-0.4, -0.2) is 4.92 Å². The molecule has 0 bridgehead atoms. The van der Waals surface area contributed by atoms with Gasteiger partial charge >= 0.3 is 0 Å². The van der Waals surface area contributed by atoms with Crippen LogP contribution in [0, 0.1) is 15.9 Å². The molecule has 6 heteroatoms. The highest BCUT2D eigenvalue weighted by atomic mass is 35.5. The lowest BCUT2D eigenvalue weighted by Crippen LogP contribution is -1.91. The van der Waals surface area contributed by atoms with Crippen molar-refractivity contribution >= 4 is 17.3 Å². The Morgan fingerprint density at radius 2 is 2.00 bits per heavy atom. The van der Waals surface area contributed by atoms with E-state index in [0.717, 1.165) is 6.07 Å². The molecule has 18 heavy (non-hydrogen) atoms. The standard InChI is InChI=1S/C12H7ClFNO3/c13-8-4-5-12(11(14)6-8)18-10-3-1-2-9(7-10)15(16)17/h1-7H. The van der Waals surface area contributed by atoms with Gasteiger partial charge in [0.2, 0.25) is 0 Å². The molecule has 0 atom stereocenters. The topological polar surface area (TPSA) is 52.4 Å². The number of ether oxygens (including phenoxy) is 1. The van der Waals surface area contributed by atoms with Gasteiger partial charge in [-0.1, -0.05) is 17.7 Å². The van der Waals surface area contributed by atoms with Crippen molar-refractivity contribution in [2.75, 3.05) is 0 Å². The van der Waals surface area contributed by atoms with E-state index in [4.69, 9.17) is 16.3 Å². The van der Waals surface area contributed by atoms with Crippen molar-refractivity contribution in [2.24, 2.45) is 0 Å². The van der Waals surface area contributed by atoms with Crippen molar-refractivity contribution in [1.29, 1.82) is 0 Å². The lowest BCUT2D eigenvalue weighted by molar-refractivity contribution is -0.384. The number of nitro benzene ring substituents is 1. The van der Waals surface area contributed by atoms with Gasteiger partial charge < -0.3 is 4.74 Å². The second kappa shape index (κ2) is 5.01. The van der Waals surface area contributed by atoms with Crippen molar-refractivity contribution in [3.8, 4) is 11.5 Å². The Morgan fingerprint density at radius 1 is 1.22 bits per heavy atom. The molecule has 0 radical (unpaired) electrons. The molecule has 0 unspecified atom stereocenters. The number of nitrogens with zero attached hydrogens (tertiary/aromatic N) is 1. The SMILES string of the molecule is O=[N+]([O-])c1cccc(Oc2ccc(Cl)cc2F)c1. The van der Waals surface area contributed by atoms with Gasteiger partial charge in [-0.2, -0.15) is 0 Å². The van der Waals surface area contributed by atoms with Gasteiger partial charge in [-0.05, 0) is 24.3 Å². The average Bonchev–Trinajstić information content (AvgIpc) is 2.33. The van der Waals surface area contributed by atoms with E-state index >= 15 is 0 Å². The van der Waals surface area contributed by atoms with Crippen LogP contribution in [0.4, 0.5) is 10.1 Å². The molecule has 2 aromatic rings. The molecular formula is C12H7ClFNO3. The fourth-order valence-electron chi connectivity index (χ4n) is 1.35. The zero-order valence-corrected chi connectivity index (χ0v) is 9.73. The van der Waals surface area contributed by atoms with E-state index in [2.05, 4.69) is 0 Å². The molecule has 0 saturated carbocycles. The van der Waals surface area contributed by atoms with Gasteiger partial charge in [0, 0.05) is 11.1 Å². The number of rotatable bonds is 3. The minimum atomic E-state index is -0.631. The summed E-state index contributed by atoms with van der Waals surface area (Å²) in [6, 6.07) is 9.43. The van der Waals surface area contributed by atoms with E-state index in [0.29, 0.717) is 0 Å². The lowest BCUT2D eigenvalue weighted by atomic mass is 10.3. The molecule has 0 N–H and O–H groups in total. The maximum atomic E-state index is 13.5. The van der Waals surface area contributed by atoms with Gasteiger partial charge in [-0.25, -0.2) is 4.39 Å². The molecule has 0 heterocycles. The minimum Gasteiger partial charge on any atom is -0.454 e. The summed E-state index contributed by atoms with van der Waals surface area (Å²) in [5.41, 5.74) is -0.123. The third kappa shape index (κ3) is 2.75. The van der Waals surface area contributed by atoms with Gasteiger partial charge in [0.25, 0.3) is 5.69 Å². The quantitative estimate of drug-likeness (QED) is 0.619. The van der Waals surface area contributed by atoms with Crippen LogP contribution in [0.5, 0.6) is 11.5 Å². The van der Waals surface area contributed by atoms with Gasteiger partial charge in [-0.15, -0.1) is 0 Å². The van der Waals surface area contributed by atoms with Crippen LogP contribution in [0.25, 0.3) is 0 Å². The Labute approximate surface area is 107 Å². The molecule has 2 aromatic carbocycles. The Morgan fingerprint density at radius 3 is 2.67 bits per heavy atom. The Balaban J connectivity index is 2.28. The molecule has 0 aliphatic rings. The molecule has 0 spiro atoms. The van der Waals surface area contributed by atoms with E-state index in [1.807, 2.05) is 0 Å². The molecule has 0 amide bonds. The van der Waals surface area contributed by atoms with Crippen molar-refractivity contribution in [3.05, 3.63) is 63.4 Å². The first kappa shape index (κ1) is 12.3. The van der Waals surface area contributed by atoms with Crippen LogP contribution in [0.2, 0.25) is 5.02 Å². The van der Waals surface area contributed by atoms with Gasteiger partial charge in [0.15, 0.2) is 11.6 Å². The third-order valence-corrected chi connectivity index (χ3v) is 2.39. The second-order valence-electron chi connectivity index (χ2n) is 3.43. The zero-order valence-electron chi connectivity index (χ0n) is 8.97. The summed E-state index contributed by atoms with van der Waals surface area (Å²) in [6.07, 6.45) is 0. The van der Waals surface area contributed by atoms with Crippen molar-refractivity contribution in [1.82, 2.24) is 0 Å². The highest BCUT2D eigenvalue weighted by Gasteiger charge is 2.09. The van der Waals surface area contributed by atoms with E-state index in [1.165, 1.54) is 36.4 Å². The Kier molecular flexibility index (Phi) is 3.43. The van der Waals surface area contributed by atoms with Crippen LogP contribution in [-0.2, 0) is 0 Å². The number of halogens is 2. The largest absolute Gasteiger partial charge is 0.454 e. The lowest BCUT2D eigenvalue weighted by Gasteiger charge is -2.06. The zero-order chi connectivity index (χ0) is 13.1.